The van der Waals surface area contributed by atoms with Gasteiger partial charge in [0.2, 0.25) is 0 Å². The number of aromatic nitrogens is 2. The molecule has 1 aliphatic carbocycles. The second-order valence-corrected chi connectivity index (χ2v) is 6.41. The third-order valence-corrected chi connectivity index (χ3v) is 4.59. The second-order valence-electron chi connectivity index (χ2n) is 6.41. The van der Waals surface area contributed by atoms with Crippen LogP contribution in [-0.2, 0) is 6.42 Å². The lowest BCUT2D eigenvalue weighted by Crippen LogP contribution is -2.34. The highest BCUT2D eigenvalue weighted by atomic mass is 16.6. The molecule has 1 amide bonds. The predicted octanol–water partition coefficient (Wildman–Crippen LogP) is 3.34. The van der Waals surface area contributed by atoms with Crippen LogP contribution in [-0.4, -0.2) is 22.1 Å². The molecule has 0 aromatic carbocycles. The number of rotatable bonds is 4. The van der Waals surface area contributed by atoms with Crippen LogP contribution in [0.15, 0.2) is 29.2 Å². The minimum Gasteiger partial charge on any atom is -0.410 e. The Hall–Kier alpha value is -2.63. The molecule has 2 heterocycles. The number of aromatic amines is 1. The van der Waals surface area contributed by atoms with Gasteiger partial charge in [-0.25, -0.2) is 4.79 Å². The highest BCUT2D eigenvalue weighted by Crippen LogP contribution is 2.24. The smallest absolute Gasteiger partial charge is 0.410 e. The number of carbonyl (C=O) groups is 1. The maximum Gasteiger partial charge on any atom is 0.412 e. The average molecular weight is 341 g/mol. The van der Waals surface area contributed by atoms with Crippen LogP contribution in [0, 0.1) is 6.92 Å². The molecule has 132 valence electrons. The monoisotopic (exact) mass is 341 g/mol. The van der Waals surface area contributed by atoms with Gasteiger partial charge in [0.25, 0.3) is 5.56 Å². The molecule has 0 unspecified atom stereocenters. The van der Waals surface area contributed by atoms with Crippen LogP contribution in [0.3, 0.4) is 0 Å². The molecule has 1 fully saturated rings. The van der Waals surface area contributed by atoms with Crippen molar-refractivity contribution in [1.82, 2.24) is 15.3 Å². The van der Waals surface area contributed by atoms with Crippen LogP contribution in [0.1, 0.15) is 43.9 Å². The largest absolute Gasteiger partial charge is 0.412 e. The summed E-state index contributed by atoms with van der Waals surface area (Å²) in [5, 5.41) is 2.89. The van der Waals surface area contributed by atoms with Crippen molar-refractivity contribution < 1.29 is 9.53 Å². The maximum absolute atomic E-state index is 12.0. The number of hydrogen-bond donors (Lipinski definition) is 2. The van der Waals surface area contributed by atoms with Crippen LogP contribution >= 0.6 is 0 Å². The highest BCUT2D eigenvalue weighted by Gasteiger charge is 2.18. The van der Waals surface area contributed by atoms with E-state index in [4.69, 9.17) is 4.74 Å². The van der Waals surface area contributed by atoms with Gasteiger partial charge < -0.3 is 15.0 Å². The maximum atomic E-state index is 12.0. The zero-order valence-corrected chi connectivity index (χ0v) is 14.6. The van der Waals surface area contributed by atoms with E-state index < -0.39 is 6.09 Å². The number of nitrogens with one attached hydrogen (secondary N) is 2. The molecule has 1 aliphatic rings. The number of aryl methyl sites for hydroxylation is 2. The fourth-order valence-corrected chi connectivity index (χ4v) is 3.19. The quantitative estimate of drug-likeness (QED) is 0.893. The fraction of sp³-hybridized carbons (Fsp3) is 0.421. The highest BCUT2D eigenvalue weighted by molar-refractivity contribution is 5.72. The average Bonchev–Trinajstić information content (AvgIpc) is 3.08. The summed E-state index contributed by atoms with van der Waals surface area (Å²) in [7, 11) is 0. The molecule has 0 spiro atoms. The van der Waals surface area contributed by atoms with E-state index >= 15 is 0 Å². The lowest BCUT2D eigenvalue weighted by molar-refractivity contribution is 0.196. The number of H-pyrrole nitrogens is 1. The van der Waals surface area contributed by atoms with Gasteiger partial charge in [-0.05, 0) is 38.3 Å². The Kier molecular flexibility index (Phi) is 5.16. The minimum atomic E-state index is -0.434. The number of amides is 1. The van der Waals surface area contributed by atoms with E-state index in [-0.39, 0.29) is 11.6 Å². The van der Waals surface area contributed by atoms with Crippen LogP contribution in [0.25, 0.3) is 11.3 Å². The Bertz CT molecular complexity index is 823. The lowest BCUT2D eigenvalue weighted by Gasteiger charge is -2.13. The standard InChI is InChI=1S/C19H23N3O3/c1-3-13-10-16(12(2)21-18(13)23)17-11-15(8-9-20-17)25-19(24)22-14-6-4-5-7-14/h8-11,14H,3-7H2,1-2H3,(H,21,23)(H,22,24). The summed E-state index contributed by atoms with van der Waals surface area (Å²) in [5.41, 5.74) is 2.86. The van der Waals surface area contributed by atoms with E-state index in [1.807, 2.05) is 19.9 Å². The number of nitrogens with zero attached hydrogens (tertiary/aromatic N) is 1. The van der Waals surface area contributed by atoms with Crippen LogP contribution in [0.5, 0.6) is 5.75 Å². The zero-order chi connectivity index (χ0) is 17.8. The zero-order valence-electron chi connectivity index (χ0n) is 14.6. The molecular weight excluding hydrogens is 318 g/mol. The summed E-state index contributed by atoms with van der Waals surface area (Å²) in [6.07, 6.45) is 6.12. The Morgan fingerprint density at radius 3 is 2.84 bits per heavy atom. The van der Waals surface area contributed by atoms with E-state index in [9.17, 15) is 9.59 Å². The first-order chi connectivity index (χ1) is 12.1. The molecule has 6 nitrogen and oxygen atoms in total. The topological polar surface area (TPSA) is 84.1 Å². The number of ether oxygens (including phenoxy) is 1. The van der Waals surface area contributed by atoms with Crippen LogP contribution in [0.4, 0.5) is 4.79 Å². The van der Waals surface area contributed by atoms with E-state index in [0.29, 0.717) is 23.4 Å². The van der Waals surface area contributed by atoms with E-state index in [1.165, 1.54) is 0 Å². The number of hydrogen-bond acceptors (Lipinski definition) is 4. The van der Waals surface area contributed by atoms with Gasteiger partial charge in [-0.1, -0.05) is 19.8 Å². The summed E-state index contributed by atoms with van der Waals surface area (Å²) in [6.45, 7) is 3.77. The van der Waals surface area contributed by atoms with Crippen molar-refractivity contribution in [1.29, 1.82) is 0 Å². The summed E-state index contributed by atoms with van der Waals surface area (Å²) in [4.78, 5) is 31.1. The predicted molar refractivity (Wildman–Crippen MR) is 95.8 cm³/mol. The van der Waals surface area contributed by atoms with Gasteiger partial charge in [0.15, 0.2) is 0 Å². The molecule has 3 rings (SSSR count). The number of carbonyl (C=O) groups excluding carboxylic acids is 1. The third-order valence-electron chi connectivity index (χ3n) is 4.59. The Morgan fingerprint density at radius 2 is 2.12 bits per heavy atom. The summed E-state index contributed by atoms with van der Waals surface area (Å²) < 4.78 is 5.40. The SMILES string of the molecule is CCc1cc(-c2cc(OC(=O)NC3CCCC3)ccn2)c(C)[nH]c1=O. The van der Waals surface area contributed by atoms with Crippen LogP contribution in [0.2, 0.25) is 0 Å². The van der Waals surface area contributed by atoms with E-state index in [1.54, 1.807) is 18.3 Å². The molecule has 1 saturated carbocycles. The van der Waals surface area contributed by atoms with Gasteiger partial charge >= 0.3 is 6.09 Å². The van der Waals surface area contributed by atoms with Crippen molar-refractivity contribution in [3.63, 3.8) is 0 Å². The Labute approximate surface area is 146 Å². The van der Waals surface area contributed by atoms with Crippen molar-refractivity contribution in [2.75, 3.05) is 0 Å². The van der Waals surface area contributed by atoms with Gasteiger partial charge in [0.1, 0.15) is 5.75 Å². The summed E-state index contributed by atoms with van der Waals surface area (Å²) in [5.74, 6) is 0.434. The molecule has 0 radical (unpaired) electrons. The molecule has 0 atom stereocenters. The molecule has 6 heteroatoms. The molecule has 0 saturated heterocycles. The third kappa shape index (κ3) is 4.07. The Balaban J connectivity index is 1.79. The lowest BCUT2D eigenvalue weighted by atomic mass is 10.1. The fourth-order valence-electron chi connectivity index (χ4n) is 3.19. The van der Waals surface area contributed by atoms with Gasteiger partial charge in [-0.15, -0.1) is 0 Å². The first-order valence-electron chi connectivity index (χ1n) is 8.74. The molecular formula is C19H23N3O3. The molecule has 2 aromatic rings. The second kappa shape index (κ2) is 7.51. The van der Waals surface area contributed by atoms with E-state index in [0.717, 1.165) is 36.9 Å². The van der Waals surface area contributed by atoms with Crippen molar-refractivity contribution in [3.8, 4) is 17.0 Å². The van der Waals surface area contributed by atoms with Crippen molar-refractivity contribution in [2.45, 2.75) is 52.0 Å². The minimum absolute atomic E-state index is 0.0768. The van der Waals surface area contributed by atoms with Crippen LogP contribution < -0.4 is 15.6 Å². The number of pyridine rings is 2. The van der Waals surface area contributed by atoms with E-state index in [2.05, 4.69) is 15.3 Å². The van der Waals surface area contributed by atoms with Gasteiger partial charge in [-0.3, -0.25) is 9.78 Å². The molecule has 0 bridgehead atoms. The Morgan fingerprint density at radius 1 is 1.36 bits per heavy atom. The van der Waals surface area contributed by atoms with Crippen molar-refractivity contribution in [3.05, 3.63) is 46.0 Å². The van der Waals surface area contributed by atoms with Gasteiger partial charge in [0.05, 0.1) is 5.69 Å². The van der Waals surface area contributed by atoms with Gasteiger partial charge in [-0.2, -0.15) is 0 Å². The molecule has 25 heavy (non-hydrogen) atoms. The van der Waals surface area contributed by atoms with Crippen molar-refractivity contribution >= 4 is 6.09 Å². The molecule has 0 aliphatic heterocycles. The summed E-state index contributed by atoms with van der Waals surface area (Å²) >= 11 is 0. The molecule has 2 N–H and O–H groups in total. The first-order valence-corrected chi connectivity index (χ1v) is 8.74. The summed E-state index contributed by atoms with van der Waals surface area (Å²) in [6, 6.07) is 5.43. The van der Waals surface area contributed by atoms with Crippen molar-refractivity contribution in [2.24, 2.45) is 0 Å². The normalized spacial score (nSPS) is 14.5. The molecule has 2 aromatic heterocycles. The first kappa shape index (κ1) is 17.2. The van der Waals surface area contributed by atoms with Gasteiger partial charge in [0, 0.05) is 35.1 Å².